The highest BCUT2D eigenvalue weighted by Crippen LogP contribution is 2.28. The van der Waals surface area contributed by atoms with Crippen LogP contribution in [0, 0.1) is 6.92 Å². The molecule has 1 amide bonds. The standard InChI is InChI=1S/C11H10Cl2N4O/c1-6-5-9(15-14-6)11(18)17-16-10-7(12)3-2-4-8(10)13/h2-5,16H,1H3,(H,14,15)(H,17,18). The number of carbonyl (C=O) groups is 1. The van der Waals surface area contributed by atoms with Crippen molar-refractivity contribution in [1.29, 1.82) is 0 Å². The molecule has 2 rings (SSSR count). The summed E-state index contributed by atoms with van der Waals surface area (Å²) in [4.78, 5) is 11.7. The maximum absolute atomic E-state index is 11.7. The van der Waals surface area contributed by atoms with Crippen molar-refractivity contribution in [1.82, 2.24) is 15.6 Å². The second kappa shape index (κ2) is 5.29. The van der Waals surface area contributed by atoms with Crippen LogP contribution in [0.1, 0.15) is 16.2 Å². The predicted octanol–water partition coefficient (Wildman–Crippen LogP) is 2.78. The lowest BCUT2D eigenvalue weighted by atomic mass is 10.3. The number of nitrogens with zero attached hydrogens (tertiary/aromatic N) is 1. The lowest BCUT2D eigenvalue weighted by molar-refractivity contribution is 0.0957. The van der Waals surface area contributed by atoms with Gasteiger partial charge in [0.15, 0.2) is 5.69 Å². The van der Waals surface area contributed by atoms with E-state index >= 15 is 0 Å². The third-order valence-corrected chi connectivity index (χ3v) is 2.83. The Bertz CT molecular complexity index is 562. The van der Waals surface area contributed by atoms with Gasteiger partial charge in [-0.05, 0) is 25.1 Å². The van der Waals surface area contributed by atoms with Crippen LogP contribution in [0.4, 0.5) is 5.69 Å². The number of H-pyrrole nitrogens is 1. The van der Waals surface area contributed by atoms with Crippen LogP contribution in [0.3, 0.4) is 0 Å². The topological polar surface area (TPSA) is 69.8 Å². The van der Waals surface area contributed by atoms with Crippen LogP contribution in [-0.4, -0.2) is 16.1 Å². The van der Waals surface area contributed by atoms with Gasteiger partial charge in [-0.3, -0.25) is 20.7 Å². The average Bonchev–Trinajstić information content (AvgIpc) is 2.75. The molecule has 1 heterocycles. The van der Waals surface area contributed by atoms with Crippen molar-refractivity contribution < 1.29 is 4.79 Å². The van der Waals surface area contributed by atoms with Crippen LogP contribution >= 0.6 is 23.2 Å². The first-order valence-electron chi connectivity index (χ1n) is 5.10. The summed E-state index contributed by atoms with van der Waals surface area (Å²) in [6.45, 7) is 1.81. The van der Waals surface area contributed by atoms with Gasteiger partial charge in [-0.15, -0.1) is 0 Å². The van der Waals surface area contributed by atoms with Gasteiger partial charge in [-0.1, -0.05) is 29.3 Å². The van der Waals surface area contributed by atoms with E-state index in [0.29, 0.717) is 15.7 Å². The number of rotatable bonds is 3. The monoisotopic (exact) mass is 284 g/mol. The maximum atomic E-state index is 11.7. The fourth-order valence-corrected chi connectivity index (χ4v) is 1.83. The molecule has 0 aliphatic carbocycles. The molecule has 0 aliphatic rings. The molecule has 0 radical (unpaired) electrons. The van der Waals surface area contributed by atoms with Crippen LogP contribution < -0.4 is 10.9 Å². The SMILES string of the molecule is Cc1cc(C(=O)NNc2c(Cl)cccc2Cl)n[nH]1. The minimum Gasteiger partial charge on any atom is -0.295 e. The molecule has 0 fully saturated rings. The van der Waals surface area contributed by atoms with Gasteiger partial charge < -0.3 is 0 Å². The zero-order chi connectivity index (χ0) is 13.1. The summed E-state index contributed by atoms with van der Waals surface area (Å²) >= 11 is 11.9. The van der Waals surface area contributed by atoms with Crippen LogP contribution in [0.25, 0.3) is 0 Å². The lowest BCUT2D eigenvalue weighted by Crippen LogP contribution is -2.29. The van der Waals surface area contributed by atoms with Gasteiger partial charge in [-0.2, -0.15) is 5.10 Å². The number of amides is 1. The van der Waals surface area contributed by atoms with Crippen molar-refractivity contribution in [2.24, 2.45) is 0 Å². The van der Waals surface area contributed by atoms with Crippen molar-refractivity contribution in [2.45, 2.75) is 6.92 Å². The number of nitrogens with one attached hydrogen (secondary N) is 3. The van der Waals surface area contributed by atoms with Gasteiger partial charge in [0.05, 0.1) is 15.7 Å². The predicted molar refractivity (Wildman–Crippen MR) is 70.9 cm³/mol. The Morgan fingerprint density at radius 1 is 1.33 bits per heavy atom. The van der Waals surface area contributed by atoms with E-state index in [4.69, 9.17) is 23.2 Å². The van der Waals surface area contributed by atoms with Gasteiger partial charge in [0.1, 0.15) is 0 Å². The number of halogens is 2. The molecule has 0 aliphatic heterocycles. The van der Waals surface area contributed by atoms with E-state index in [1.807, 2.05) is 6.92 Å². The summed E-state index contributed by atoms with van der Waals surface area (Å²) in [5.74, 6) is -0.379. The van der Waals surface area contributed by atoms with Gasteiger partial charge in [0.2, 0.25) is 0 Å². The highest BCUT2D eigenvalue weighted by molar-refractivity contribution is 6.39. The number of aromatic nitrogens is 2. The van der Waals surface area contributed by atoms with E-state index in [1.54, 1.807) is 24.3 Å². The van der Waals surface area contributed by atoms with E-state index in [9.17, 15) is 4.79 Å². The Labute approximate surface area is 113 Å². The second-order valence-electron chi connectivity index (χ2n) is 3.61. The largest absolute Gasteiger partial charge is 0.295 e. The molecular formula is C11H10Cl2N4O. The van der Waals surface area contributed by atoms with E-state index in [0.717, 1.165) is 5.69 Å². The highest BCUT2D eigenvalue weighted by Gasteiger charge is 2.10. The van der Waals surface area contributed by atoms with E-state index in [-0.39, 0.29) is 11.6 Å². The quantitative estimate of drug-likeness (QED) is 0.759. The molecule has 0 saturated heterocycles. The molecule has 1 aromatic heterocycles. The van der Waals surface area contributed by atoms with Crippen LogP contribution in [0.5, 0.6) is 0 Å². The zero-order valence-corrected chi connectivity index (χ0v) is 10.9. The number of para-hydroxylation sites is 1. The number of hydrogen-bond acceptors (Lipinski definition) is 3. The van der Waals surface area contributed by atoms with Crippen LogP contribution in [-0.2, 0) is 0 Å². The number of benzene rings is 1. The number of aryl methyl sites for hydroxylation is 1. The second-order valence-corrected chi connectivity index (χ2v) is 4.43. The molecule has 94 valence electrons. The molecular weight excluding hydrogens is 275 g/mol. The Morgan fingerprint density at radius 3 is 2.56 bits per heavy atom. The minimum absolute atomic E-state index is 0.281. The summed E-state index contributed by atoms with van der Waals surface area (Å²) in [5, 5.41) is 7.34. The Hall–Kier alpha value is -1.72. The number of hydrogen-bond donors (Lipinski definition) is 3. The van der Waals surface area contributed by atoms with E-state index < -0.39 is 0 Å². The van der Waals surface area contributed by atoms with Crippen molar-refractivity contribution >= 4 is 34.8 Å². The average molecular weight is 285 g/mol. The molecule has 0 saturated carbocycles. The van der Waals surface area contributed by atoms with Gasteiger partial charge in [0, 0.05) is 5.69 Å². The Kier molecular flexibility index (Phi) is 3.74. The van der Waals surface area contributed by atoms with E-state index in [1.165, 1.54) is 0 Å². The summed E-state index contributed by atoms with van der Waals surface area (Å²) in [6.07, 6.45) is 0. The molecule has 3 N–H and O–H groups in total. The van der Waals surface area contributed by atoms with Crippen LogP contribution in [0.15, 0.2) is 24.3 Å². The first kappa shape index (κ1) is 12.7. The highest BCUT2D eigenvalue weighted by atomic mass is 35.5. The molecule has 0 spiro atoms. The number of hydrazine groups is 1. The number of aromatic amines is 1. The fourth-order valence-electron chi connectivity index (χ4n) is 1.33. The van der Waals surface area contributed by atoms with Crippen molar-refractivity contribution in [3.8, 4) is 0 Å². The third kappa shape index (κ3) is 2.75. The normalized spacial score (nSPS) is 10.2. The molecule has 18 heavy (non-hydrogen) atoms. The maximum Gasteiger partial charge on any atom is 0.290 e. The molecule has 0 bridgehead atoms. The van der Waals surface area contributed by atoms with Gasteiger partial charge >= 0.3 is 0 Å². The van der Waals surface area contributed by atoms with E-state index in [2.05, 4.69) is 21.0 Å². The molecule has 0 unspecified atom stereocenters. The first-order valence-corrected chi connectivity index (χ1v) is 5.86. The van der Waals surface area contributed by atoms with Crippen LogP contribution in [0.2, 0.25) is 10.0 Å². The molecule has 1 aromatic carbocycles. The Morgan fingerprint density at radius 2 is 2.00 bits per heavy atom. The summed E-state index contributed by atoms with van der Waals surface area (Å²) < 4.78 is 0. The lowest BCUT2D eigenvalue weighted by Gasteiger charge is -2.10. The Balaban J connectivity index is 2.06. The summed E-state index contributed by atoms with van der Waals surface area (Å²) in [7, 11) is 0. The number of carbonyl (C=O) groups excluding carboxylic acids is 1. The zero-order valence-electron chi connectivity index (χ0n) is 9.42. The first-order chi connectivity index (χ1) is 8.58. The van der Waals surface area contributed by atoms with Crippen molar-refractivity contribution in [2.75, 3.05) is 5.43 Å². The fraction of sp³-hybridized carbons (Fsp3) is 0.0909. The third-order valence-electron chi connectivity index (χ3n) is 2.20. The smallest absolute Gasteiger partial charge is 0.290 e. The minimum atomic E-state index is -0.379. The molecule has 7 heteroatoms. The summed E-state index contributed by atoms with van der Waals surface area (Å²) in [5.41, 5.74) is 6.67. The number of anilines is 1. The molecule has 0 atom stereocenters. The van der Waals surface area contributed by atoms with Crippen molar-refractivity contribution in [3.05, 3.63) is 45.7 Å². The van der Waals surface area contributed by atoms with Crippen molar-refractivity contribution in [3.63, 3.8) is 0 Å². The molecule has 2 aromatic rings. The summed E-state index contributed by atoms with van der Waals surface area (Å²) in [6, 6.07) is 6.68. The van der Waals surface area contributed by atoms with Gasteiger partial charge in [-0.25, -0.2) is 0 Å². The molecule has 5 nitrogen and oxygen atoms in total. The van der Waals surface area contributed by atoms with Gasteiger partial charge in [0.25, 0.3) is 5.91 Å².